The molecule has 1 unspecified atom stereocenters. The fourth-order valence-electron chi connectivity index (χ4n) is 3.82. The number of carbonyl (C=O) groups excluding carboxylic acids is 3. The van der Waals surface area contributed by atoms with Crippen LogP contribution < -0.4 is 16.0 Å². The largest absolute Gasteiger partial charge is 0.345 e. The first-order valence-corrected chi connectivity index (χ1v) is 11.5. The van der Waals surface area contributed by atoms with Crippen LogP contribution in [0.25, 0.3) is 0 Å². The van der Waals surface area contributed by atoms with Crippen LogP contribution in [0.4, 0.5) is 11.4 Å². The standard InChI is InChI=1S/C28H32N4O3/c1-19-11-10-12-20(2)27(19)31-26(34)18-32(4)17-25(33)30-24-16-9-8-15-23(24)28(35)29-21(3)22-13-6-5-7-14-22/h5-16,21H,17-18H2,1-4H3,(H,29,35)(H,30,33)(H,31,34). The smallest absolute Gasteiger partial charge is 0.253 e. The van der Waals surface area contributed by atoms with E-state index in [1.165, 1.54) is 0 Å². The molecule has 0 aliphatic carbocycles. The molecule has 0 saturated heterocycles. The van der Waals surface area contributed by atoms with E-state index >= 15 is 0 Å². The molecule has 0 aliphatic rings. The van der Waals surface area contributed by atoms with Crippen molar-refractivity contribution in [2.75, 3.05) is 30.8 Å². The van der Waals surface area contributed by atoms with Crippen LogP contribution in [0.15, 0.2) is 72.8 Å². The number of para-hydroxylation sites is 2. The highest BCUT2D eigenvalue weighted by Gasteiger charge is 2.17. The molecular weight excluding hydrogens is 440 g/mol. The number of hydrogen-bond acceptors (Lipinski definition) is 4. The molecule has 3 N–H and O–H groups in total. The first kappa shape index (κ1) is 25.6. The summed E-state index contributed by atoms with van der Waals surface area (Å²) in [5.41, 5.74) is 4.54. The Hall–Kier alpha value is -3.97. The average molecular weight is 473 g/mol. The molecular formula is C28H32N4O3. The normalized spacial score (nSPS) is 11.6. The van der Waals surface area contributed by atoms with Crippen molar-refractivity contribution in [3.8, 4) is 0 Å². The number of benzene rings is 3. The average Bonchev–Trinajstić information content (AvgIpc) is 2.82. The third-order valence-electron chi connectivity index (χ3n) is 5.67. The van der Waals surface area contributed by atoms with E-state index in [0.29, 0.717) is 11.3 Å². The third kappa shape index (κ3) is 7.25. The third-order valence-corrected chi connectivity index (χ3v) is 5.67. The summed E-state index contributed by atoms with van der Waals surface area (Å²) in [4.78, 5) is 39.7. The Kier molecular flexibility index (Phi) is 8.75. The van der Waals surface area contributed by atoms with Crippen LogP contribution in [-0.2, 0) is 9.59 Å². The minimum atomic E-state index is -0.316. The van der Waals surface area contributed by atoms with Crippen LogP contribution in [-0.4, -0.2) is 42.8 Å². The van der Waals surface area contributed by atoms with E-state index in [0.717, 1.165) is 22.4 Å². The fourth-order valence-corrected chi connectivity index (χ4v) is 3.82. The van der Waals surface area contributed by atoms with Gasteiger partial charge in [-0.3, -0.25) is 19.3 Å². The predicted molar refractivity (Wildman–Crippen MR) is 139 cm³/mol. The molecule has 3 aromatic carbocycles. The number of aryl methyl sites for hydroxylation is 2. The van der Waals surface area contributed by atoms with Crippen molar-refractivity contribution in [1.29, 1.82) is 0 Å². The minimum Gasteiger partial charge on any atom is -0.345 e. The van der Waals surface area contributed by atoms with Gasteiger partial charge in [-0.05, 0) is 56.6 Å². The maximum Gasteiger partial charge on any atom is 0.253 e. The molecule has 0 aliphatic heterocycles. The van der Waals surface area contributed by atoms with Crippen molar-refractivity contribution >= 4 is 29.1 Å². The van der Waals surface area contributed by atoms with Gasteiger partial charge in [0.05, 0.1) is 30.4 Å². The number of likely N-dealkylation sites (N-methyl/N-ethyl adjacent to an activating group) is 1. The van der Waals surface area contributed by atoms with Crippen molar-refractivity contribution in [3.63, 3.8) is 0 Å². The monoisotopic (exact) mass is 472 g/mol. The minimum absolute atomic E-state index is 0.00343. The van der Waals surface area contributed by atoms with Crippen molar-refractivity contribution in [3.05, 3.63) is 95.1 Å². The van der Waals surface area contributed by atoms with Gasteiger partial charge < -0.3 is 16.0 Å². The highest BCUT2D eigenvalue weighted by atomic mass is 16.2. The summed E-state index contributed by atoms with van der Waals surface area (Å²) in [5.74, 6) is -0.797. The van der Waals surface area contributed by atoms with Gasteiger partial charge in [-0.2, -0.15) is 0 Å². The van der Waals surface area contributed by atoms with E-state index in [9.17, 15) is 14.4 Å². The van der Waals surface area contributed by atoms with Crippen molar-refractivity contribution in [2.24, 2.45) is 0 Å². The number of hydrogen-bond donors (Lipinski definition) is 3. The molecule has 0 radical (unpaired) electrons. The van der Waals surface area contributed by atoms with Crippen LogP contribution >= 0.6 is 0 Å². The predicted octanol–water partition coefficient (Wildman–Crippen LogP) is 4.30. The Bertz CT molecular complexity index is 1170. The maximum absolute atomic E-state index is 12.9. The molecule has 0 bridgehead atoms. The number of rotatable bonds is 9. The lowest BCUT2D eigenvalue weighted by atomic mass is 10.1. The molecule has 3 aromatic rings. The lowest BCUT2D eigenvalue weighted by molar-refractivity contribution is -0.119. The summed E-state index contributed by atoms with van der Waals surface area (Å²) in [5, 5.41) is 8.70. The summed E-state index contributed by atoms with van der Waals surface area (Å²) in [6, 6.07) is 22.2. The molecule has 0 saturated carbocycles. The van der Waals surface area contributed by atoms with E-state index < -0.39 is 0 Å². The Labute approximate surface area is 206 Å². The fraction of sp³-hybridized carbons (Fsp3) is 0.250. The Morgan fingerprint density at radius 3 is 2.00 bits per heavy atom. The van der Waals surface area contributed by atoms with Gasteiger partial charge in [-0.25, -0.2) is 0 Å². The van der Waals surface area contributed by atoms with Crippen LogP contribution in [0.1, 0.15) is 40.0 Å². The Balaban J connectivity index is 1.57. The number of carbonyl (C=O) groups is 3. The van der Waals surface area contributed by atoms with Gasteiger partial charge in [0.15, 0.2) is 0 Å². The Morgan fingerprint density at radius 2 is 1.34 bits per heavy atom. The van der Waals surface area contributed by atoms with E-state index in [2.05, 4.69) is 16.0 Å². The quantitative estimate of drug-likeness (QED) is 0.433. The second-order valence-electron chi connectivity index (χ2n) is 8.69. The molecule has 0 aromatic heterocycles. The highest BCUT2D eigenvalue weighted by Crippen LogP contribution is 2.20. The molecule has 7 nitrogen and oxygen atoms in total. The lowest BCUT2D eigenvalue weighted by Gasteiger charge is -2.19. The summed E-state index contributed by atoms with van der Waals surface area (Å²) >= 11 is 0. The van der Waals surface area contributed by atoms with E-state index in [4.69, 9.17) is 0 Å². The number of nitrogens with one attached hydrogen (secondary N) is 3. The molecule has 0 spiro atoms. The Morgan fingerprint density at radius 1 is 0.771 bits per heavy atom. The molecule has 35 heavy (non-hydrogen) atoms. The van der Waals surface area contributed by atoms with E-state index in [-0.39, 0.29) is 36.9 Å². The maximum atomic E-state index is 12.9. The zero-order valence-corrected chi connectivity index (χ0v) is 20.6. The number of anilines is 2. The van der Waals surface area contributed by atoms with Crippen LogP contribution in [0.2, 0.25) is 0 Å². The molecule has 0 heterocycles. The van der Waals surface area contributed by atoms with Gasteiger partial charge >= 0.3 is 0 Å². The molecule has 1 atom stereocenters. The molecule has 0 fully saturated rings. The number of amides is 3. The topological polar surface area (TPSA) is 90.5 Å². The SMILES string of the molecule is Cc1cccc(C)c1NC(=O)CN(C)CC(=O)Nc1ccccc1C(=O)NC(C)c1ccccc1. The second kappa shape index (κ2) is 11.9. The molecule has 3 rings (SSSR count). The van der Waals surface area contributed by atoms with Gasteiger partial charge in [0.2, 0.25) is 11.8 Å². The summed E-state index contributed by atoms with van der Waals surface area (Å²) in [7, 11) is 1.70. The van der Waals surface area contributed by atoms with Crippen LogP contribution in [0, 0.1) is 13.8 Å². The van der Waals surface area contributed by atoms with Gasteiger partial charge in [-0.15, -0.1) is 0 Å². The second-order valence-corrected chi connectivity index (χ2v) is 8.69. The zero-order chi connectivity index (χ0) is 25.4. The zero-order valence-electron chi connectivity index (χ0n) is 20.6. The molecule has 182 valence electrons. The molecule has 7 heteroatoms. The van der Waals surface area contributed by atoms with Crippen LogP contribution in [0.3, 0.4) is 0 Å². The first-order valence-electron chi connectivity index (χ1n) is 11.5. The van der Waals surface area contributed by atoms with E-state index in [1.54, 1.807) is 36.2 Å². The van der Waals surface area contributed by atoms with Gasteiger partial charge in [-0.1, -0.05) is 60.7 Å². The van der Waals surface area contributed by atoms with E-state index in [1.807, 2.05) is 69.3 Å². The van der Waals surface area contributed by atoms with Crippen molar-refractivity contribution < 1.29 is 14.4 Å². The summed E-state index contributed by atoms with van der Waals surface area (Å²) in [6.45, 7) is 5.84. The van der Waals surface area contributed by atoms with Crippen molar-refractivity contribution in [1.82, 2.24) is 10.2 Å². The summed E-state index contributed by atoms with van der Waals surface area (Å²) < 4.78 is 0. The van der Waals surface area contributed by atoms with Crippen molar-refractivity contribution in [2.45, 2.75) is 26.8 Å². The van der Waals surface area contributed by atoms with Crippen LogP contribution in [0.5, 0.6) is 0 Å². The summed E-state index contributed by atoms with van der Waals surface area (Å²) in [6.07, 6.45) is 0. The lowest BCUT2D eigenvalue weighted by Crippen LogP contribution is -2.36. The molecule has 3 amide bonds. The first-order chi connectivity index (χ1) is 16.7. The van der Waals surface area contributed by atoms with Gasteiger partial charge in [0, 0.05) is 5.69 Å². The van der Waals surface area contributed by atoms with Gasteiger partial charge in [0.25, 0.3) is 5.91 Å². The van der Waals surface area contributed by atoms with Gasteiger partial charge in [0.1, 0.15) is 0 Å². The number of nitrogens with zero attached hydrogens (tertiary/aromatic N) is 1. The highest BCUT2D eigenvalue weighted by molar-refractivity contribution is 6.04.